The van der Waals surface area contributed by atoms with Gasteiger partial charge in [-0.25, -0.2) is 0 Å². The molecule has 0 aliphatic heterocycles. The maximum absolute atomic E-state index is 11.7. The van der Waals surface area contributed by atoms with Crippen LogP contribution in [0.4, 0.5) is 0 Å². The Morgan fingerprint density at radius 2 is 2.07 bits per heavy atom. The molecule has 29 heavy (non-hydrogen) atoms. The maximum Gasteiger partial charge on any atom is 0.250 e. The van der Waals surface area contributed by atoms with Gasteiger partial charge in [-0.05, 0) is 31.7 Å². The van der Waals surface area contributed by atoms with Crippen molar-refractivity contribution < 1.29 is 0 Å². The highest BCUT2D eigenvalue weighted by Gasteiger charge is 2.15. The quantitative estimate of drug-likeness (QED) is 0.242. The third-order valence-corrected chi connectivity index (χ3v) is 4.56. The van der Waals surface area contributed by atoms with E-state index in [4.69, 9.17) is 4.99 Å². The highest BCUT2D eigenvalue weighted by atomic mass is 127. The van der Waals surface area contributed by atoms with E-state index in [0.717, 1.165) is 50.7 Å². The summed E-state index contributed by atoms with van der Waals surface area (Å²) in [6.07, 6.45) is 5.79. The van der Waals surface area contributed by atoms with Gasteiger partial charge < -0.3 is 14.8 Å². The summed E-state index contributed by atoms with van der Waals surface area (Å²) < 4.78 is 3.63. The molecule has 0 unspecified atom stereocenters. The van der Waals surface area contributed by atoms with Gasteiger partial charge in [0.05, 0.1) is 5.69 Å². The number of hydrogen-bond donors (Lipinski definition) is 1. The summed E-state index contributed by atoms with van der Waals surface area (Å²) >= 11 is 0. The Kier molecular flexibility index (Phi) is 11.0. The number of aliphatic imine (C=N–C) groups is 1. The molecular weight excluding hydrogens is 479 g/mol. The van der Waals surface area contributed by atoms with Crippen LogP contribution in [0.2, 0.25) is 0 Å². The number of hydrogen-bond acceptors (Lipinski definition) is 3. The number of nitrogens with zero attached hydrogens (tertiary/aromatic N) is 5. The van der Waals surface area contributed by atoms with Crippen molar-refractivity contribution in [2.75, 3.05) is 20.1 Å². The first-order valence-corrected chi connectivity index (χ1v) is 10.1. The molecule has 7 nitrogen and oxygen atoms in total. The van der Waals surface area contributed by atoms with Crippen molar-refractivity contribution in [2.24, 2.45) is 12.0 Å². The number of aryl methyl sites for hydroxylation is 2. The highest BCUT2D eigenvalue weighted by Crippen LogP contribution is 2.18. The van der Waals surface area contributed by atoms with Crippen molar-refractivity contribution in [1.29, 1.82) is 0 Å². The molecule has 162 valence electrons. The summed E-state index contributed by atoms with van der Waals surface area (Å²) in [4.78, 5) is 18.6. The number of rotatable bonds is 9. The fraction of sp³-hybridized carbons (Fsp3) is 0.571. The Balaban J connectivity index is 0.00000420. The van der Waals surface area contributed by atoms with Crippen LogP contribution in [-0.4, -0.2) is 45.3 Å². The van der Waals surface area contributed by atoms with E-state index in [1.807, 2.05) is 24.0 Å². The summed E-state index contributed by atoms with van der Waals surface area (Å²) in [5.74, 6) is 1.29. The molecule has 0 fully saturated rings. The second-order valence-corrected chi connectivity index (χ2v) is 7.40. The van der Waals surface area contributed by atoms with E-state index in [9.17, 15) is 4.79 Å². The summed E-state index contributed by atoms with van der Waals surface area (Å²) in [7, 11) is 4.02. The molecule has 1 N–H and O–H groups in total. The van der Waals surface area contributed by atoms with Crippen molar-refractivity contribution in [1.82, 2.24) is 24.6 Å². The lowest BCUT2D eigenvalue weighted by molar-refractivity contribution is 0.472. The first kappa shape index (κ1) is 25.2. The fourth-order valence-corrected chi connectivity index (χ4v) is 3.19. The number of guanidine groups is 1. The first-order chi connectivity index (χ1) is 13.4. The molecule has 2 heterocycles. The van der Waals surface area contributed by atoms with E-state index in [1.165, 1.54) is 5.56 Å². The van der Waals surface area contributed by atoms with Crippen LogP contribution in [-0.2, 0) is 20.1 Å². The second-order valence-electron chi connectivity index (χ2n) is 7.40. The second kappa shape index (κ2) is 12.7. The SMILES string of the molecule is CCNC(=NCCCCn1ccccc1=O)N(C)Cc1cn(C)nc1C(C)C.I. The van der Waals surface area contributed by atoms with Gasteiger partial charge in [0, 0.05) is 64.3 Å². The van der Waals surface area contributed by atoms with Crippen LogP contribution in [0.3, 0.4) is 0 Å². The number of halogens is 1. The zero-order valence-corrected chi connectivity index (χ0v) is 20.6. The first-order valence-electron chi connectivity index (χ1n) is 10.1. The van der Waals surface area contributed by atoms with E-state index in [0.29, 0.717) is 5.92 Å². The summed E-state index contributed by atoms with van der Waals surface area (Å²) in [5.41, 5.74) is 2.42. The lowest BCUT2D eigenvalue weighted by Gasteiger charge is -2.22. The van der Waals surface area contributed by atoms with E-state index in [2.05, 4.69) is 49.3 Å². The van der Waals surface area contributed by atoms with Crippen LogP contribution < -0.4 is 10.9 Å². The van der Waals surface area contributed by atoms with Gasteiger partial charge in [-0.1, -0.05) is 19.9 Å². The van der Waals surface area contributed by atoms with Crippen molar-refractivity contribution in [3.05, 3.63) is 52.2 Å². The van der Waals surface area contributed by atoms with Crippen molar-refractivity contribution in [3.63, 3.8) is 0 Å². The van der Waals surface area contributed by atoms with Gasteiger partial charge in [-0.2, -0.15) is 5.10 Å². The predicted molar refractivity (Wildman–Crippen MR) is 130 cm³/mol. The van der Waals surface area contributed by atoms with E-state index in [1.54, 1.807) is 16.7 Å². The smallest absolute Gasteiger partial charge is 0.250 e. The van der Waals surface area contributed by atoms with Crippen LogP contribution in [0.15, 0.2) is 40.4 Å². The van der Waals surface area contributed by atoms with Gasteiger partial charge in [0.25, 0.3) is 0 Å². The normalized spacial score (nSPS) is 11.4. The molecule has 0 saturated carbocycles. The van der Waals surface area contributed by atoms with Crippen LogP contribution in [0.25, 0.3) is 0 Å². The Morgan fingerprint density at radius 3 is 2.72 bits per heavy atom. The minimum Gasteiger partial charge on any atom is -0.357 e. The molecular formula is C21H35IN6O. The van der Waals surface area contributed by atoms with E-state index < -0.39 is 0 Å². The van der Waals surface area contributed by atoms with Crippen LogP contribution in [0.5, 0.6) is 0 Å². The molecule has 0 atom stereocenters. The largest absolute Gasteiger partial charge is 0.357 e. The molecule has 2 rings (SSSR count). The molecule has 0 aliphatic rings. The summed E-state index contributed by atoms with van der Waals surface area (Å²) in [5, 5.41) is 7.96. The molecule has 0 spiro atoms. The van der Waals surface area contributed by atoms with Crippen molar-refractivity contribution >= 4 is 29.9 Å². The van der Waals surface area contributed by atoms with Crippen LogP contribution in [0, 0.1) is 0 Å². The minimum atomic E-state index is 0. The zero-order valence-electron chi connectivity index (χ0n) is 18.3. The van der Waals surface area contributed by atoms with Gasteiger partial charge in [-0.3, -0.25) is 14.5 Å². The van der Waals surface area contributed by atoms with Gasteiger partial charge in [-0.15, -0.1) is 24.0 Å². The number of aromatic nitrogens is 3. The van der Waals surface area contributed by atoms with Crippen molar-refractivity contribution in [3.8, 4) is 0 Å². The van der Waals surface area contributed by atoms with E-state index >= 15 is 0 Å². The summed E-state index contributed by atoms with van der Waals surface area (Å²) in [6, 6.07) is 5.26. The molecule has 2 aromatic rings. The standard InChI is InChI=1S/C21H34N6O.HI/c1-6-22-21(23-12-8-10-14-27-13-9-7-11-19(27)28)25(4)15-18-16-26(5)24-20(18)17(2)3;/h7,9,11,13,16-17H,6,8,10,12,14-15H2,1-5H3,(H,22,23);1H. The lowest BCUT2D eigenvalue weighted by Crippen LogP contribution is -2.38. The third kappa shape index (κ3) is 7.83. The molecule has 0 aliphatic carbocycles. The van der Waals surface area contributed by atoms with Gasteiger partial charge in [0.1, 0.15) is 0 Å². The Morgan fingerprint density at radius 1 is 1.31 bits per heavy atom. The highest BCUT2D eigenvalue weighted by molar-refractivity contribution is 14.0. The predicted octanol–water partition coefficient (Wildman–Crippen LogP) is 3.20. The van der Waals surface area contributed by atoms with Crippen molar-refractivity contribution in [2.45, 2.75) is 52.6 Å². The molecule has 0 radical (unpaired) electrons. The Hall–Kier alpha value is -1.84. The minimum absolute atomic E-state index is 0. The molecule has 0 bridgehead atoms. The monoisotopic (exact) mass is 514 g/mol. The number of nitrogens with one attached hydrogen (secondary N) is 1. The molecule has 0 saturated heterocycles. The maximum atomic E-state index is 11.7. The number of unbranched alkanes of at least 4 members (excludes halogenated alkanes) is 1. The average molecular weight is 514 g/mol. The van der Waals surface area contributed by atoms with Gasteiger partial charge in [0.15, 0.2) is 5.96 Å². The van der Waals surface area contributed by atoms with Crippen LogP contribution >= 0.6 is 24.0 Å². The van der Waals surface area contributed by atoms with Gasteiger partial charge in [0.2, 0.25) is 5.56 Å². The average Bonchev–Trinajstić information content (AvgIpc) is 3.02. The Labute approximate surface area is 191 Å². The fourth-order valence-electron chi connectivity index (χ4n) is 3.19. The summed E-state index contributed by atoms with van der Waals surface area (Å²) in [6.45, 7) is 9.48. The zero-order chi connectivity index (χ0) is 20.5. The topological polar surface area (TPSA) is 67.5 Å². The molecule has 8 heteroatoms. The number of pyridine rings is 1. The lowest BCUT2D eigenvalue weighted by atomic mass is 10.1. The van der Waals surface area contributed by atoms with Gasteiger partial charge >= 0.3 is 0 Å². The third-order valence-electron chi connectivity index (χ3n) is 4.56. The Bertz CT molecular complexity index is 827. The van der Waals surface area contributed by atoms with E-state index in [-0.39, 0.29) is 29.5 Å². The molecule has 0 amide bonds. The molecule has 2 aromatic heterocycles. The van der Waals surface area contributed by atoms with Crippen LogP contribution in [0.1, 0.15) is 50.8 Å². The molecule has 0 aromatic carbocycles.